The smallest absolute Gasteiger partial charge is 0.148 e. The molecule has 1 rings (SSSR count). The van der Waals surface area contributed by atoms with Crippen molar-refractivity contribution in [3.63, 3.8) is 0 Å². The Hall–Kier alpha value is -0.590. The van der Waals surface area contributed by atoms with Crippen molar-refractivity contribution in [3.05, 3.63) is 30.1 Å². The molecular weight excluding hydrogens is 256 g/mol. The molecule has 0 saturated carbocycles. The van der Waals surface area contributed by atoms with E-state index in [4.69, 9.17) is 5.73 Å². The van der Waals surface area contributed by atoms with Crippen LogP contribution in [0.1, 0.15) is 17.7 Å². The molecule has 0 aliphatic rings. The summed E-state index contributed by atoms with van der Waals surface area (Å²) in [5.74, 6) is 0.749. The Bertz CT molecular complexity index is 432. The van der Waals surface area contributed by atoms with Gasteiger partial charge in [0.25, 0.3) is 0 Å². The van der Waals surface area contributed by atoms with Gasteiger partial charge in [-0.25, -0.2) is 8.42 Å². The second kappa shape index (κ2) is 6.37. The Labute approximate surface area is 107 Å². The molecule has 0 bridgehead atoms. The minimum absolute atomic E-state index is 0.0260. The highest BCUT2D eigenvalue weighted by Gasteiger charge is 2.17. The van der Waals surface area contributed by atoms with Crippen LogP contribution in [0.25, 0.3) is 0 Å². The number of aromatic nitrogens is 1. The van der Waals surface area contributed by atoms with Crippen molar-refractivity contribution in [3.8, 4) is 0 Å². The van der Waals surface area contributed by atoms with Crippen LogP contribution in [0.5, 0.6) is 0 Å². The number of rotatable bonds is 6. The molecule has 0 aliphatic carbocycles. The van der Waals surface area contributed by atoms with E-state index in [9.17, 15) is 8.42 Å². The highest BCUT2D eigenvalue weighted by Crippen LogP contribution is 2.30. The Morgan fingerprint density at radius 1 is 1.41 bits per heavy atom. The molecule has 4 nitrogen and oxygen atoms in total. The third-order valence-corrected chi connectivity index (χ3v) is 4.97. The van der Waals surface area contributed by atoms with E-state index in [-0.39, 0.29) is 17.0 Å². The van der Waals surface area contributed by atoms with E-state index >= 15 is 0 Å². The van der Waals surface area contributed by atoms with Crippen molar-refractivity contribution >= 4 is 21.6 Å². The van der Waals surface area contributed by atoms with Crippen LogP contribution < -0.4 is 5.73 Å². The molecule has 6 heteroatoms. The van der Waals surface area contributed by atoms with Crippen molar-refractivity contribution in [2.24, 2.45) is 5.73 Å². The Kier molecular flexibility index (Phi) is 5.42. The topological polar surface area (TPSA) is 73.1 Å². The predicted octanol–water partition coefficient (Wildman–Crippen LogP) is 1.25. The van der Waals surface area contributed by atoms with Crippen LogP contribution in [0.4, 0.5) is 0 Å². The van der Waals surface area contributed by atoms with E-state index in [0.717, 1.165) is 5.56 Å². The summed E-state index contributed by atoms with van der Waals surface area (Å²) in [6.45, 7) is 1.93. The van der Waals surface area contributed by atoms with E-state index in [0.29, 0.717) is 5.75 Å². The van der Waals surface area contributed by atoms with Gasteiger partial charge < -0.3 is 5.73 Å². The second-order valence-electron chi connectivity index (χ2n) is 4.06. The number of hydrogen-bond acceptors (Lipinski definition) is 5. The van der Waals surface area contributed by atoms with Crippen LogP contribution in [-0.4, -0.2) is 37.2 Å². The Morgan fingerprint density at radius 2 is 2.00 bits per heavy atom. The van der Waals surface area contributed by atoms with Gasteiger partial charge in [-0.05, 0) is 24.6 Å². The summed E-state index contributed by atoms with van der Waals surface area (Å²) in [5, 5.41) is 0.111. The molecule has 2 N–H and O–H groups in total. The van der Waals surface area contributed by atoms with Crippen LogP contribution in [0.15, 0.2) is 24.5 Å². The van der Waals surface area contributed by atoms with Gasteiger partial charge in [0.05, 0.1) is 5.75 Å². The number of thioether (sulfide) groups is 1. The van der Waals surface area contributed by atoms with E-state index in [1.54, 1.807) is 24.2 Å². The molecule has 0 spiro atoms. The molecule has 17 heavy (non-hydrogen) atoms. The molecule has 2 unspecified atom stereocenters. The van der Waals surface area contributed by atoms with E-state index < -0.39 is 9.84 Å². The number of nitrogens with two attached hydrogens (primary N) is 1. The fourth-order valence-electron chi connectivity index (χ4n) is 1.43. The van der Waals surface area contributed by atoms with Crippen LogP contribution in [0, 0.1) is 0 Å². The molecule has 0 fully saturated rings. The van der Waals surface area contributed by atoms with Crippen molar-refractivity contribution in [2.75, 3.05) is 17.8 Å². The van der Waals surface area contributed by atoms with Gasteiger partial charge in [0.1, 0.15) is 9.84 Å². The predicted molar refractivity (Wildman–Crippen MR) is 72.8 cm³/mol. The summed E-state index contributed by atoms with van der Waals surface area (Å²) >= 11 is 1.58. The molecule has 0 aliphatic heterocycles. The van der Waals surface area contributed by atoms with E-state index in [1.165, 1.54) is 6.26 Å². The second-order valence-corrected chi connectivity index (χ2v) is 7.57. The molecule has 0 aromatic carbocycles. The van der Waals surface area contributed by atoms with Gasteiger partial charge in [-0.2, -0.15) is 11.8 Å². The first-order chi connectivity index (χ1) is 7.90. The van der Waals surface area contributed by atoms with Gasteiger partial charge in [0.15, 0.2) is 0 Å². The van der Waals surface area contributed by atoms with Gasteiger partial charge in [0, 0.05) is 35.7 Å². The molecule has 2 atom stereocenters. The van der Waals surface area contributed by atoms with Gasteiger partial charge in [-0.1, -0.05) is 0 Å². The van der Waals surface area contributed by atoms with Crippen molar-refractivity contribution < 1.29 is 8.42 Å². The Balaban J connectivity index is 2.63. The monoisotopic (exact) mass is 274 g/mol. The maximum absolute atomic E-state index is 11.1. The van der Waals surface area contributed by atoms with Gasteiger partial charge >= 0.3 is 0 Å². The van der Waals surface area contributed by atoms with Gasteiger partial charge in [-0.15, -0.1) is 0 Å². The largest absolute Gasteiger partial charge is 0.327 e. The molecule has 1 aromatic rings. The minimum Gasteiger partial charge on any atom is -0.327 e. The third-order valence-electron chi connectivity index (χ3n) is 2.26. The van der Waals surface area contributed by atoms with Crippen LogP contribution in [0.2, 0.25) is 0 Å². The van der Waals surface area contributed by atoms with E-state index in [1.807, 2.05) is 19.1 Å². The number of sulfone groups is 1. The normalized spacial score (nSPS) is 15.5. The lowest BCUT2D eigenvalue weighted by atomic mass is 10.1. The highest BCUT2D eigenvalue weighted by atomic mass is 32.2. The lowest BCUT2D eigenvalue weighted by Crippen LogP contribution is -2.23. The quantitative estimate of drug-likeness (QED) is 0.845. The maximum Gasteiger partial charge on any atom is 0.148 e. The first-order valence-corrected chi connectivity index (χ1v) is 8.46. The number of nitrogens with zero attached hydrogens (tertiary/aromatic N) is 1. The fourth-order valence-corrected chi connectivity index (χ4v) is 3.93. The SMILES string of the molecule is CC(N)C(SCCS(C)(=O)=O)c1ccncc1. The maximum atomic E-state index is 11.1. The van der Waals surface area contributed by atoms with Crippen molar-refractivity contribution in [1.82, 2.24) is 4.98 Å². The molecular formula is C11H18N2O2S2. The standard InChI is InChI=1S/C11H18N2O2S2/c1-9(12)11(10-3-5-13-6-4-10)16-7-8-17(2,14)15/h3-6,9,11H,7-8,12H2,1-2H3. The molecule has 1 heterocycles. The Morgan fingerprint density at radius 3 is 2.47 bits per heavy atom. The average Bonchev–Trinajstić information content (AvgIpc) is 2.23. The van der Waals surface area contributed by atoms with Crippen LogP contribution in [0.3, 0.4) is 0 Å². The molecule has 0 radical (unpaired) electrons. The van der Waals surface area contributed by atoms with Crippen molar-refractivity contribution in [2.45, 2.75) is 18.2 Å². The molecule has 96 valence electrons. The van der Waals surface area contributed by atoms with Gasteiger partial charge in [-0.3, -0.25) is 4.98 Å². The zero-order valence-electron chi connectivity index (χ0n) is 10.0. The lowest BCUT2D eigenvalue weighted by Gasteiger charge is -2.20. The summed E-state index contributed by atoms with van der Waals surface area (Å²) in [5.41, 5.74) is 7.02. The lowest BCUT2D eigenvalue weighted by molar-refractivity contribution is 0.603. The van der Waals surface area contributed by atoms with Crippen LogP contribution in [-0.2, 0) is 9.84 Å². The first kappa shape index (κ1) is 14.5. The van der Waals surface area contributed by atoms with Crippen LogP contribution >= 0.6 is 11.8 Å². The molecule has 1 aromatic heterocycles. The number of hydrogen-bond donors (Lipinski definition) is 1. The summed E-state index contributed by atoms with van der Waals surface area (Å²) in [4.78, 5) is 3.96. The average molecular weight is 274 g/mol. The zero-order chi connectivity index (χ0) is 12.9. The van der Waals surface area contributed by atoms with E-state index in [2.05, 4.69) is 4.98 Å². The summed E-state index contributed by atoms with van der Waals surface area (Å²) < 4.78 is 22.1. The van der Waals surface area contributed by atoms with Gasteiger partial charge in [0.2, 0.25) is 0 Å². The van der Waals surface area contributed by atoms with Crippen molar-refractivity contribution in [1.29, 1.82) is 0 Å². The highest BCUT2D eigenvalue weighted by molar-refractivity contribution is 8.00. The fraction of sp³-hybridized carbons (Fsp3) is 0.545. The molecule has 0 saturated heterocycles. The number of pyridine rings is 1. The summed E-state index contributed by atoms with van der Waals surface area (Å²) in [7, 11) is -2.90. The third kappa shape index (κ3) is 5.52. The first-order valence-electron chi connectivity index (χ1n) is 5.35. The summed E-state index contributed by atoms with van der Waals surface area (Å²) in [6, 6.07) is 3.81. The zero-order valence-corrected chi connectivity index (χ0v) is 11.7. The molecule has 0 amide bonds. The summed E-state index contributed by atoms with van der Waals surface area (Å²) in [6.07, 6.45) is 4.70. The minimum atomic E-state index is -2.90.